The van der Waals surface area contributed by atoms with Gasteiger partial charge in [0.2, 0.25) is 0 Å². The van der Waals surface area contributed by atoms with Crippen LogP contribution in [0.15, 0.2) is 42.0 Å². The predicted octanol–water partition coefficient (Wildman–Crippen LogP) is 6.36. The van der Waals surface area contributed by atoms with Crippen molar-refractivity contribution in [2.45, 2.75) is 71.9 Å². The summed E-state index contributed by atoms with van der Waals surface area (Å²) in [5.74, 6) is 0.394. The monoisotopic (exact) mass is 423 g/mol. The van der Waals surface area contributed by atoms with Gasteiger partial charge in [-0.15, -0.1) is 11.3 Å². The van der Waals surface area contributed by atoms with Gasteiger partial charge in [-0.2, -0.15) is 0 Å². The van der Waals surface area contributed by atoms with Crippen LogP contribution in [-0.4, -0.2) is 15.1 Å². The summed E-state index contributed by atoms with van der Waals surface area (Å²) in [7, 11) is 0. The molecule has 1 unspecified atom stereocenters. The summed E-state index contributed by atoms with van der Waals surface area (Å²) in [6.07, 6.45) is 3.60. The van der Waals surface area contributed by atoms with Crippen LogP contribution in [0.5, 0.6) is 5.75 Å². The van der Waals surface area contributed by atoms with Crippen LogP contribution in [0, 0.1) is 0 Å². The fourth-order valence-corrected chi connectivity index (χ4v) is 4.18. The number of hydrogen-bond donors (Lipinski definition) is 2. The first kappa shape index (κ1) is 22.4. The highest BCUT2D eigenvalue weighted by Gasteiger charge is 2.25. The molecule has 0 aliphatic heterocycles. The molecular weight excluding hydrogens is 390 g/mol. The Morgan fingerprint density at radius 1 is 1.10 bits per heavy atom. The van der Waals surface area contributed by atoms with E-state index in [1.807, 2.05) is 18.3 Å². The van der Waals surface area contributed by atoms with Crippen LogP contribution in [0.2, 0.25) is 0 Å². The highest BCUT2D eigenvalue weighted by molar-refractivity contribution is 7.10. The number of phenolic OH excluding ortho intramolecular Hbond substituents is 1. The summed E-state index contributed by atoms with van der Waals surface area (Å²) in [6.45, 7) is 15.8. The largest absolute Gasteiger partial charge is 0.507 e. The number of hydrogen-bond acceptors (Lipinski definition) is 5. The van der Waals surface area contributed by atoms with E-state index in [9.17, 15) is 5.11 Å². The quantitative estimate of drug-likeness (QED) is 0.501. The van der Waals surface area contributed by atoms with Crippen molar-refractivity contribution in [2.24, 2.45) is 0 Å². The average molecular weight is 424 g/mol. The molecular formula is C25H33N3OS. The molecule has 160 valence electrons. The molecule has 0 amide bonds. The van der Waals surface area contributed by atoms with E-state index in [0.717, 1.165) is 27.4 Å². The van der Waals surface area contributed by atoms with Crippen molar-refractivity contribution in [3.8, 4) is 17.0 Å². The summed E-state index contributed by atoms with van der Waals surface area (Å²) in [6, 6.07) is 8.31. The lowest BCUT2D eigenvalue weighted by molar-refractivity contribution is 0.432. The van der Waals surface area contributed by atoms with Crippen molar-refractivity contribution in [1.29, 1.82) is 0 Å². The first-order valence-electron chi connectivity index (χ1n) is 10.4. The molecule has 1 atom stereocenters. The lowest BCUT2D eigenvalue weighted by Gasteiger charge is -2.28. The number of nitrogens with one attached hydrogen (secondary N) is 1. The number of aromatic hydroxyl groups is 1. The Hall–Kier alpha value is -2.24. The van der Waals surface area contributed by atoms with Crippen LogP contribution < -0.4 is 5.32 Å². The zero-order valence-corrected chi connectivity index (χ0v) is 19.9. The average Bonchev–Trinajstić information content (AvgIpc) is 3.16. The normalized spacial score (nSPS) is 13.4. The zero-order valence-electron chi connectivity index (χ0n) is 19.1. The lowest BCUT2D eigenvalue weighted by Crippen LogP contribution is -2.21. The van der Waals surface area contributed by atoms with Crippen LogP contribution in [-0.2, 0) is 17.4 Å². The standard InChI is InChI=1S/C25H33N3OS/c1-16(23-28-21(15-30-23)17-9-8-10-26-13-17)27-14-18-11-19(24(2,3)4)12-20(22(18)29)25(5,6)7/h8-13,15-16,27,29H,14H2,1-7H3. The van der Waals surface area contributed by atoms with Gasteiger partial charge in [0.25, 0.3) is 0 Å². The van der Waals surface area contributed by atoms with E-state index in [4.69, 9.17) is 4.98 Å². The lowest BCUT2D eigenvalue weighted by atomic mass is 9.79. The Kier molecular flexibility index (Phi) is 6.34. The Morgan fingerprint density at radius 3 is 2.43 bits per heavy atom. The zero-order chi connectivity index (χ0) is 22.1. The van der Waals surface area contributed by atoms with E-state index in [1.54, 1.807) is 17.5 Å². The van der Waals surface area contributed by atoms with Gasteiger partial charge >= 0.3 is 0 Å². The van der Waals surface area contributed by atoms with Gasteiger partial charge in [-0.05, 0) is 41.0 Å². The van der Waals surface area contributed by atoms with Gasteiger partial charge in [-0.1, -0.05) is 53.7 Å². The summed E-state index contributed by atoms with van der Waals surface area (Å²) in [4.78, 5) is 8.96. The number of rotatable bonds is 5. The molecule has 0 radical (unpaired) electrons. The predicted molar refractivity (Wildman–Crippen MR) is 126 cm³/mol. The second-order valence-corrected chi connectivity index (χ2v) is 10.8. The molecule has 0 aliphatic carbocycles. The van der Waals surface area contributed by atoms with Gasteiger partial charge in [0.15, 0.2) is 0 Å². The highest BCUT2D eigenvalue weighted by atomic mass is 32.1. The molecule has 1 aromatic carbocycles. The molecule has 0 fully saturated rings. The third-order valence-corrected chi connectivity index (χ3v) is 6.34. The number of aromatic nitrogens is 2. The number of pyridine rings is 1. The van der Waals surface area contributed by atoms with Crippen molar-refractivity contribution >= 4 is 11.3 Å². The molecule has 0 saturated heterocycles. The van der Waals surface area contributed by atoms with Gasteiger partial charge in [0.05, 0.1) is 11.7 Å². The van der Waals surface area contributed by atoms with Crippen LogP contribution >= 0.6 is 11.3 Å². The summed E-state index contributed by atoms with van der Waals surface area (Å²) in [5.41, 5.74) is 5.03. The van der Waals surface area contributed by atoms with Crippen molar-refractivity contribution in [3.05, 3.63) is 63.7 Å². The Balaban J connectivity index is 1.82. The number of benzene rings is 1. The van der Waals surface area contributed by atoms with E-state index in [-0.39, 0.29) is 16.9 Å². The molecule has 3 rings (SSSR count). The smallest absolute Gasteiger partial charge is 0.123 e. The first-order chi connectivity index (χ1) is 14.0. The van der Waals surface area contributed by atoms with Gasteiger partial charge in [0, 0.05) is 35.4 Å². The molecule has 2 aromatic heterocycles. The fraction of sp³-hybridized carbons (Fsp3) is 0.440. The van der Waals surface area contributed by atoms with Gasteiger partial charge in [-0.25, -0.2) is 4.98 Å². The van der Waals surface area contributed by atoms with E-state index in [0.29, 0.717) is 12.3 Å². The molecule has 2 heterocycles. The minimum absolute atomic E-state index is 0.0159. The number of phenols is 1. The van der Waals surface area contributed by atoms with Crippen LogP contribution in [0.3, 0.4) is 0 Å². The van der Waals surface area contributed by atoms with Crippen LogP contribution in [0.25, 0.3) is 11.3 Å². The maximum absolute atomic E-state index is 11.0. The van der Waals surface area contributed by atoms with E-state index >= 15 is 0 Å². The van der Waals surface area contributed by atoms with Crippen LogP contribution in [0.4, 0.5) is 0 Å². The maximum Gasteiger partial charge on any atom is 0.123 e. The second-order valence-electron chi connectivity index (χ2n) is 9.95. The van der Waals surface area contributed by atoms with E-state index in [1.165, 1.54) is 5.56 Å². The molecule has 0 bridgehead atoms. The van der Waals surface area contributed by atoms with E-state index in [2.05, 4.69) is 76.3 Å². The molecule has 2 N–H and O–H groups in total. The summed E-state index contributed by atoms with van der Waals surface area (Å²) in [5, 5.41) is 17.6. The summed E-state index contributed by atoms with van der Waals surface area (Å²) >= 11 is 1.64. The summed E-state index contributed by atoms with van der Waals surface area (Å²) < 4.78 is 0. The van der Waals surface area contributed by atoms with Crippen LogP contribution in [0.1, 0.15) is 76.2 Å². The molecule has 0 spiro atoms. The molecule has 0 saturated carbocycles. The Bertz CT molecular complexity index is 997. The van der Waals surface area contributed by atoms with Crippen molar-refractivity contribution in [2.75, 3.05) is 0 Å². The number of thiazole rings is 1. The molecule has 30 heavy (non-hydrogen) atoms. The van der Waals surface area contributed by atoms with E-state index < -0.39 is 0 Å². The minimum Gasteiger partial charge on any atom is -0.507 e. The third-order valence-electron chi connectivity index (χ3n) is 5.31. The van der Waals surface area contributed by atoms with Crippen molar-refractivity contribution < 1.29 is 5.11 Å². The fourth-order valence-electron chi connectivity index (χ4n) is 3.32. The van der Waals surface area contributed by atoms with Gasteiger partial charge < -0.3 is 10.4 Å². The SMILES string of the molecule is CC(NCc1cc(C(C)(C)C)cc(C(C)(C)C)c1O)c1nc(-c2cccnc2)cs1. The van der Waals surface area contributed by atoms with Crippen molar-refractivity contribution in [3.63, 3.8) is 0 Å². The topological polar surface area (TPSA) is 58.0 Å². The molecule has 3 aromatic rings. The first-order valence-corrected chi connectivity index (χ1v) is 11.3. The van der Waals surface area contributed by atoms with Crippen molar-refractivity contribution in [1.82, 2.24) is 15.3 Å². The Morgan fingerprint density at radius 2 is 1.83 bits per heavy atom. The highest BCUT2D eigenvalue weighted by Crippen LogP contribution is 2.38. The Labute approximate surface area is 184 Å². The third kappa shape index (κ3) is 5.08. The second kappa shape index (κ2) is 8.48. The molecule has 5 heteroatoms. The maximum atomic E-state index is 11.0. The van der Waals surface area contributed by atoms with Gasteiger partial charge in [-0.3, -0.25) is 4.98 Å². The van der Waals surface area contributed by atoms with Gasteiger partial charge in [0.1, 0.15) is 10.8 Å². The molecule has 4 nitrogen and oxygen atoms in total. The minimum atomic E-state index is -0.125. The number of nitrogens with zero attached hydrogens (tertiary/aromatic N) is 2. The molecule has 0 aliphatic rings.